The molecule has 1 aliphatic heterocycles. The first-order chi connectivity index (χ1) is 12.8. The minimum Gasteiger partial charge on any atom is -0.467 e. The molecule has 0 radical (unpaired) electrons. The van der Waals surface area contributed by atoms with Crippen LogP contribution in [0.3, 0.4) is 0 Å². The lowest BCUT2D eigenvalue weighted by Gasteiger charge is -2.40. The average Bonchev–Trinajstić information content (AvgIpc) is 3.22. The Morgan fingerprint density at radius 1 is 1.19 bits per heavy atom. The van der Waals surface area contributed by atoms with Gasteiger partial charge in [-0.3, -0.25) is 9.59 Å². The van der Waals surface area contributed by atoms with Gasteiger partial charge in [-0.2, -0.15) is 0 Å². The molecule has 2 aliphatic rings. The number of nitrogens with zero attached hydrogens (tertiary/aromatic N) is 2. The lowest BCUT2D eigenvalue weighted by atomic mass is 9.83. The van der Waals surface area contributed by atoms with E-state index in [0.29, 0.717) is 13.1 Å². The first-order valence-corrected chi connectivity index (χ1v) is 10.1. The fraction of sp³-hybridized carbons (Fsp3) is 0.714. The van der Waals surface area contributed by atoms with Crippen LogP contribution in [0.5, 0.6) is 0 Å². The molecule has 1 saturated carbocycles. The molecule has 2 amide bonds. The van der Waals surface area contributed by atoms with Gasteiger partial charge in [0, 0.05) is 24.6 Å². The molecular formula is C21H32N2O4. The van der Waals surface area contributed by atoms with Crippen molar-refractivity contribution in [3.63, 3.8) is 0 Å². The van der Waals surface area contributed by atoms with Gasteiger partial charge in [-0.05, 0) is 58.6 Å². The molecule has 1 aliphatic carbocycles. The number of carbonyl (C=O) groups is 2. The molecule has 1 atom stereocenters. The maximum atomic E-state index is 13.2. The van der Waals surface area contributed by atoms with Gasteiger partial charge in [0.1, 0.15) is 12.3 Å². The van der Waals surface area contributed by atoms with E-state index in [1.54, 1.807) is 16.1 Å². The molecule has 1 aromatic heterocycles. The van der Waals surface area contributed by atoms with Gasteiger partial charge in [0.15, 0.2) is 0 Å². The summed E-state index contributed by atoms with van der Waals surface area (Å²) in [6.07, 6.45) is 6.65. The van der Waals surface area contributed by atoms with Crippen LogP contribution in [-0.4, -0.2) is 53.0 Å². The summed E-state index contributed by atoms with van der Waals surface area (Å²) in [6.45, 7) is 7.78. The molecule has 3 rings (SSSR count). The number of furan rings is 1. The van der Waals surface area contributed by atoms with Crippen molar-refractivity contribution in [1.82, 2.24) is 9.80 Å². The lowest BCUT2D eigenvalue weighted by Crippen LogP contribution is -2.54. The van der Waals surface area contributed by atoms with Crippen LogP contribution in [0.2, 0.25) is 0 Å². The van der Waals surface area contributed by atoms with Gasteiger partial charge < -0.3 is 19.0 Å². The Kier molecular flexibility index (Phi) is 6.25. The first-order valence-electron chi connectivity index (χ1n) is 10.1. The number of rotatable bonds is 7. The summed E-state index contributed by atoms with van der Waals surface area (Å²) in [7, 11) is 0. The van der Waals surface area contributed by atoms with E-state index in [4.69, 9.17) is 9.15 Å². The fourth-order valence-electron chi connectivity index (χ4n) is 3.64. The first kappa shape index (κ1) is 19.9. The molecule has 0 aromatic carbocycles. The highest BCUT2D eigenvalue weighted by molar-refractivity contribution is 5.87. The Morgan fingerprint density at radius 3 is 2.48 bits per heavy atom. The number of ether oxygens (including phenoxy) is 1. The second-order valence-corrected chi connectivity index (χ2v) is 8.71. The quantitative estimate of drug-likeness (QED) is 0.733. The summed E-state index contributed by atoms with van der Waals surface area (Å²) >= 11 is 0. The number of amides is 2. The van der Waals surface area contributed by atoms with Gasteiger partial charge in [-0.15, -0.1) is 0 Å². The molecule has 0 bridgehead atoms. The van der Waals surface area contributed by atoms with Crippen molar-refractivity contribution in [2.75, 3.05) is 19.7 Å². The lowest BCUT2D eigenvalue weighted by molar-refractivity contribution is -0.150. The molecule has 27 heavy (non-hydrogen) atoms. The molecule has 150 valence electrons. The van der Waals surface area contributed by atoms with E-state index in [9.17, 15) is 9.59 Å². The van der Waals surface area contributed by atoms with Crippen molar-refractivity contribution in [3.05, 3.63) is 24.2 Å². The third kappa shape index (κ3) is 5.12. The highest BCUT2D eigenvalue weighted by Crippen LogP contribution is 2.30. The predicted octanol–water partition coefficient (Wildman–Crippen LogP) is 3.21. The zero-order chi connectivity index (χ0) is 19.4. The largest absolute Gasteiger partial charge is 0.467 e. The number of carbonyl (C=O) groups excluding carboxylic acids is 2. The summed E-state index contributed by atoms with van der Waals surface area (Å²) in [6, 6.07) is 3.70. The molecule has 2 fully saturated rings. The van der Waals surface area contributed by atoms with Crippen molar-refractivity contribution < 1.29 is 18.7 Å². The molecule has 1 aromatic rings. The van der Waals surface area contributed by atoms with Crippen LogP contribution in [0, 0.1) is 5.92 Å². The van der Waals surface area contributed by atoms with Gasteiger partial charge >= 0.3 is 0 Å². The topological polar surface area (TPSA) is 63.0 Å². The molecule has 2 heterocycles. The summed E-state index contributed by atoms with van der Waals surface area (Å²) < 4.78 is 11.2. The minimum absolute atomic E-state index is 0.0514. The van der Waals surface area contributed by atoms with Crippen molar-refractivity contribution in [2.24, 2.45) is 5.92 Å². The van der Waals surface area contributed by atoms with Crippen LogP contribution in [0.15, 0.2) is 22.8 Å². The monoisotopic (exact) mass is 376 g/mol. The molecule has 0 N–H and O–H groups in total. The van der Waals surface area contributed by atoms with Gasteiger partial charge in [-0.25, -0.2) is 0 Å². The van der Waals surface area contributed by atoms with E-state index in [0.717, 1.165) is 44.5 Å². The molecule has 6 nitrogen and oxygen atoms in total. The third-order valence-electron chi connectivity index (χ3n) is 5.55. The smallest absolute Gasteiger partial charge is 0.242 e. The van der Waals surface area contributed by atoms with Gasteiger partial charge in [0.2, 0.25) is 11.8 Å². The molecule has 0 spiro atoms. The molecular weight excluding hydrogens is 344 g/mol. The van der Waals surface area contributed by atoms with Crippen LogP contribution in [0.4, 0.5) is 0 Å². The Labute approximate surface area is 161 Å². The zero-order valence-electron chi connectivity index (χ0n) is 16.8. The van der Waals surface area contributed by atoms with E-state index in [1.807, 2.05) is 32.9 Å². The Hall–Kier alpha value is -1.82. The third-order valence-corrected chi connectivity index (χ3v) is 5.55. The zero-order valence-corrected chi connectivity index (χ0v) is 16.8. The average molecular weight is 376 g/mol. The van der Waals surface area contributed by atoms with Gasteiger partial charge in [-0.1, -0.05) is 6.42 Å². The van der Waals surface area contributed by atoms with Crippen molar-refractivity contribution in [3.8, 4) is 0 Å². The summed E-state index contributed by atoms with van der Waals surface area (Å²) in [5.74, 6) is 0.879. The Bertz CT molecular complexity index is 625. The fourth-order valence-corrected chi connectivity index (χ4v) is 3.64. The van der Waals surface area contributed by atoms with Crippen molar-refractivity contribution >= 4 is 11.8 Å². The van der Waals surface area contributed by atoms with E-state index >= 15 is 0 Å². The van der Waals surface area contributed by atoms with Crippen LogP contribution in [0.25, 0.3) is 0 Å². The normalized spacial score (nSPS) is 20.3. The van der Waals surface area contributed by atoms with Crippen LogP contribution < -0.4 is 0 Å². The minimum atomic E-state index is -0.386. The molecule has 1 saturated heterocycles. The second-order valence-electron chi connectivity index (χ2n) is 8.71. The van der Waals surface area contributed by atoms with Crippen molar-refractivity contribution in [2.45, 2.75) is 71.1 Å². The highest BCUT2D eigenvalue weighted by atomic mass is 16.5. The summed E-state index contributed by atoms with van der Waals surface area (Å²) in [5.41, 5.74) is -0.386. The van der Waals surface area contributed by atoms with E-state index < -0.39 is 0 Å². The van der Waals surface area contributed by atoms with E-state index in [-0.39, 0.29) is 35.9 Å². The number of hydrogen-bond acceptors (Lipinski definition) is 4. The van der Waals surface area contributed by atoms with Gasteiger partial charge in [0.05, 0.1) is 18.9 Å². The predicted molar refractivity (Wildman–Crippen MR) is 102 cm³/mol. The molecule has 6 heteroatoms. The maximum Gasteiger partial charge on any atom is 0.242 e. The second kappa shape index (κ2) is 8.46. The maximum absolute atomic E-state index is 13.2. The standard InChI is InChI=1S/C21H32N2O4/c1-21(2,3)23(20(25)16-7-4-8-16)15-19(24)22(13-17-9-5-11-26-17)14-18-10-6-12-27-18/h5,9,11,16,18H,4,6-8,10,12-15H2,1-3H3/t18-/m0/s1. The molecule has 0 unspecified atom stereocenters. The van der Waals surface area contributed by atoms with E-state index in [1.165, 1.54) is 0 Å². The van der Waals surface area contributed by atoms with Crippen LogP contribution >= 0.6 is 0 Å². The SMILES string of the molecule is CC(C)(C)N(CC(=O)N(Cc1ccco1)C[C@@H]1CCCO1)C(=O)C1CCC1. The number of hydrogen-bond donors (Lipinski definition) is 0. The Balaban J connectivity index is 1.70. The van der Waals surface area contributed by atoms with E-state index in [2.05, 4.69) is 0 Å². The Morgan fingerprint density at radius 2 is 1.96 bits per heavy atom. The summed E-state index contributed by atoms with van der Waals surface area (Å²) in [4.78, 5) is 29.6. The van der Waals surface area contributed by atoms with Crippen LogP contribution in [-0.2, 0) is 20.9 Å². The van der Waals surface area contributed by atoms with Gasteiger partial charge in [0.25, 0.3) is 0 Å². The van der Waals surface area contributed by atoms with Crippen molar-refractivity contribution in [1.29, 1.82) is 0 Å². The highest BCUT2D eigenvalue weighted by Gasteiger charge is 2.37. The summed E-state index contributed by atoms with van der Waals surface area (Å²) in [5, 5.41) is 0. The van der Waals surface area contributed by atoms with Crippen LogP contribution in [0.1, 0.15) is 58.6 Å².